The average Bonchev–Trinajstić information content (AvgIpc) is 2.73. The summed E-state index contributed by atoms with van der Waals surface area (Å²) in [6.45, 7) is 4.99. The molecular formula is C24H32O4. The van der Waals surface area contributed by atoms with Crippen molar-refractivity contribution in [1.82, 2.24) is 0 Å². The van der Waals surface area contributed by atoms with Crippen LogP contribution >= 0.6 is 0 Å². The second-order valence-electron chi connectivity index (χ2n) is 7.29. The SMILES string of the molecule is CCC(C)Cc1cc(C(=O)OOCCCCCCO)ccc1-c1ccccc1. The molecule has 4 nitrogen and oxygen atoms in total. The van der Waals surface area contributed by atoms with E-state index in [2.05, 4.69) is 26.0 Å². The zero-order valence-electron chi connectivity index (χ0n) is 17.0. The van der Waals surface area contributed by atoms with Gasteiger partial charge in [0.1, 0.15) is 0 Å². The van der Waals surface area contributed by atoms with Crippen LogP contribution in [0.3, 0.4) is 0 Å². The standard InChI is InChI=1S/C24H32O4/c1-3-19(2)17-22-18-21(13-14-23(22)20-11-7-6-8-12-20)24(26)28-27-16-10-5-4-9-15-25/h6-8,11-14,18-19,25H,3-5,9-10,15-17H2,1-2H3. The summed E-state index contributed by atoms with van der Waals surface area (Å²) in [5.74, 6) is 0.0734. The molecule has 0 saturated carbocycles. The van der Waals surface area contributed by atoms with Crippen LogP contribution in [0.5, 0.6) is 0 Å². The summed E-state index contributed by atoms with van der Waals surface area (Å²) in [6.07, 6.45) is 5.50. The van der Waals surface area contributed by atoms with Crippen molar-refractivity contribution in [3.63, 3.8) is 0 Å². The summed E-state index contributed by atoms with van der Waals surface area (Å²) in [7, 11) is 0. The van der Waals surface area contributed by atoms with Crippen molar-refractivity contribution in [3.8, 4) is 11.1 Å². The Morgan fingerprint density at radius 2 is 1.79 bits per heavy atom. The first-order chi connectivity index (χ1) is 13.7. The molecule has 2 aromatic rings. The summed E-state index contributed by atoms with van der Waals surface area (Å²) < 4.78 is 0. The van der Waals surface area contributed by atoms with Gasteiger partial charge in [0.05, 0.1) is 12.2 Å². The monoisotopic (exact) mass is 384 g/mol. The molecule has 0 aliphatic carbocycles. The molecule has 0 bridgehead atoms. The van der Waals surface area contributed by atoms with Crippen molar-refractivity contribution in [2.24, 2.45) is 5.92 Å². The van der Waals surface area contributed by atoms with Gasteiger partial charge < -0.3 is 5.11 Å². The molecule has 1 unspecified atom stereocenters. The number of rotatable bonds is 12. The van der Waals surface area contributed by atoms with Gasteiger partial charge in [0, 0.05) is 6.61 Å². The predicted molar refractivity (Wildman–Crippen MR) is 112 cm³/mol. The van der Waals surface area contributed by atoms with Gasteiger partial charge in [-0.1, -0.05) is 69.5 Å². The first-order valence-corrected chi connectivity index (χ1v) is 10.3. The molecule has 0 spiro atoms. The van der Waals surface area contributed by atoms with Crippen LogP contribution in [0.15, 0.2) is 48.5 Å². The van der Waals surface area contributed by atoms with E-state index in [1.54, 1.807) is 6.07 Å². The predicted octanol–water partition coefficient (Wildman–Crippen LogP) is 5.58. The molecule has 2 rings (SSSR count). The van der Waals surface area contributed by atoms with Gasteiger partial charge >= 0.3 is 5.97 Å². The lowest BCUT2D eigenvalue weighted by atomic mass is 9.90. The third-order valence-electron chi connectivity index (χ3n) is 4.96. The van der Waals surface area contributed by atoms with Crippen LogP contribution in [0.25, 0.3) is 11.1 Å². The maximum absolute atomic E-state index is 12.4. The molecule has 0 heterocycles. The molecule has 152 valence electrons. The maximum Gasteiger partial charge on any atom is 0.373 e. The highest BCUT2D eigenvalue weighted by Crippen LogP contribution is 2.27. The Morgan fingerprint density at radius 3 is 2.50 bits per heavy atom. The number of carbonyl (C=O) groups is 1. The summed E-state index contributed by atoms with van der Waals surface area (Å²) >= 11 is 0. The highest BCUT2D eigenvalue weighted by Gasteiger charge is 2.14. The van der Waals surface area contributed by atoms with E-state index in [0.717, 1.165) is 55.2 Å². The Morgan fingerprint density at radius 1 is 1.04 bits per heavy atom. The molecule has 4 heteroatoms. The number of hydrogen-bond acceptors (Lipinski definition) is 4. The second kappa shape index (κ2) is 12.3. The number of aliphatic hydroxyl groups is 1. The van der Waals surface area contributed by atoms with E-state index in [1.165, 1.54) is 0 Å². The van der Waals surface area contributed by atoms with Gasteiger partial charge in [0.2, 0.25) is 0 Å². The van der Waals surface area contributed by atoms with Crippen LogP contribution in [-0.4, -0.2) is 24.3 Å². The lowest BCUT2D eigenvalue weighted by molar-refractivity contribution is -0.241. The Labute approximate surface area is 168 Å². The summed E-state index contributed by atoms with van der Waals surface area (Å²) in [5.41, 5.74) is 3.97. The Kier molecular flexibility index (Phi) is 9.73. The minimum Gasteiger partial charge on any atom is -0.396 e. The fourth-order valence-electron chi connectivity index (χ4n) is 3.08. The van der Waals surface area contributed by atoms with Gasteiger partial charge in [-0.05, 0) is 54.0 Å². The van der Waals surface area contributed by atoms with Crippen LogP contribution in [0, 0.1) is 5.92 Å². The third-order valence-corrected chi connectivity index (χ3v) is 4.96. The normalized spacial score (nSPS) is 12.0. The van der Waals surface area contributed by atoms with Gasteiger partial charge in [-0.25, -0.2) is 4.79 Å². The molecule has 0 saturated heterocycles. The van der Waals surface area contributed by atoms with Gasteiger partial charge in [0.25, 0.3) is 0 Å². The van der Waals surface area contributed by atoms with Crippen LogP contribution in [0.1, 0.15) is 61.9 Å². The number of carbonyl (C=O) groups excluding carboxylic acids is 1. The lowest BCUT2D eigenvalue weighted by Gasteiger charge is -2.15. The lowest BCUT2D eigenvalue weighted by Crippen LogP contribution is -2.09. The van der Waals surface area contributed by atoms with E-state index < -0.39 is 5.97 Å². The minimum absolute atomic E-state index is 0.216. The highest BCUT2D eigenvalue weighted by molar-refractivity contribution is 5.90. The summed E-state index contributed by atoms with van der Waals surface area (Å²) in [6, 6.07) is 16.0. The molecule has 0 fully saturated rings. The van der Waals surface area contributed by atoms with Crippen molar-refractivity contribution >= 4 is 5.97 Å². The molecule has 2 aromatic carbocycles. The maximum atomic E-state index is 12.4. The Hall–Kier alpha value is -2.17. The molecular weight excluding hydrogens is 352 g/mol. The third kappa shape index (κ3) is 7.10. The van der Waals surface area contributed by atoms with Crippen LogP contribution in [0.4, 0.5) is 0 Å². The zero-order chi connectivity index (χ0) is 20.2. The van der Waals surface area contributed by atoms with E-state index in [0.29, 0.717) is 18.1 Å². The minimum atomic E-state index is -0.458. The topological polar surface area (TPSA) is 55.8 Å². The van der Waals surface area contributed by atoms with Crippen molar-refractivity contribution in [2.45, 2.75) is 52.4 Å². The molecule has 1 N–H and O–H groups in total. The fraction of sp³-hybridized carbons (Fsp3) is 0.458. The van der Waals surface area contributed by atoms with Crippen LogP contribution in [0.2, 0.25) is 0 Å². The van der Waals surface area contributed by atoms with Crippen molar-refractivity contribution < 1.29 is 19.7 Å². The van der Waals surface area contributed by atoms with E-state index in [4.69, 9.17) is 14.9 Å². The first-order valence-electron chi connectivity index (χ1n) is 10.3. The number of benzene rings is 2. The van der Waals surface area contributed by atoms with Crippen LogP contribution < -0.4 is 0 Å². The van der Waals surface area contributed by atoms with Crippen molar-refractivity contribution in [3.05, 3.63) is 59.7 Å². The Bertz CT molecular complexity index is 712. The molecule has 28 heavy (non-hydrogen) atoms. The molecule has 0 aliphatic heterocycles. The quantitative estimate of drug-likeness (QED) is 0.295. The molecule has 0 amide bonds. The van der Waals surface area contributed by atoms with Crippen molar-refractivity contribution in [2.75, 3.05) is 13.2 Å². The summed E-state index contributed by atoms with van der Waals surface area (Å²) in [5, 5.41) is 8.75. The van der Waals surface area contributed by atoms with Gasteiger partial charge in [-0.3, -0.25) is 4.89 Å². The van der Waals surface area contributed by atoms with E-state index >= 15 is 0 Å². The smallest absolute Gasteiger partial charge is 0.373 e. The second-order valence-corrected chi connectivity index (χ2v) is 7.29. The Balaban J connectivity index is 2.02. The fourth-order valence-corrected chi connectivity index (χ4v) is 3.08. The first kappa shape index (κ1) is 22.1. The average molecular weight is 385 g/mol. The highest BCUT2D eigenvalue weighted by atomic mass is 17.2. The largest absolute Gasteiger partial charge is 0.396 e. The van der Waals surface area contributed by atoms with Crippen molar-refractivity contribution in [1.29, 1.82) is 0 Å². The number of aliphatic hydroxyl groups excluding tert-OH is 1. The molecule has 1 atom stereocenters. The van der Waals surface area contributed by atoms with Gasteiger partial charge in [-0.15, -0.1) is 0 Å². The number of hydrogen-bond donors (Lipinski definition) is 1. The van der Waals surface area contributed by atoms with Crippen LogP contribution in [-0.2, 0) is 16.2 Å². The summed E-state index contributed by atoms with van der Waals surface area (Å²) in [4.78, 5) is 22.4. The van der Waals surface area contributed by atoms with E-state index in [1.807, 2.05) is 30.3 Å². The van der Waals surface area contributed by atoms with Gasteiger partial charge in [0.15, 0.2) is 0 Å². The van der Waals surface area contributed by atoms with E-state index in [9.17, 15) is 4.79 Å². The number of unbranched alkanes of at least 4 members (excludes halogenated alkanes) is 3. The molecule has 0 aliphatic rings. The zero-order valence-corrected chi connectivity index (χ0v) is 17.0. The molecule has 0 radical (unpaired) electrons. The molecule has 0 aromatic heterocycles. The van der Waals surface area contributed by atoms with Gasteiger partial charge in [-0.2, -0.15) is 4.89 Å². The van der Waals surface area contributed by atoms with E-state index in [-0.39, 0.29) is 6.61 Å².